The Kier molecular flexibility index (Phi) is 4.82. The first-order valence-electron chi connectivity index (χ1n) is 4.93. The van der Waals surface area contributed by atoms with Crippen molar-refractivity contribution in [1.82, 2.24) is 0 Å². The van der Waals surface area contributed by atoms with Gasteiger partial charge < -0.3 is 25.2 Å². The fraction of sp³-hybridized carbons (Fsp3) is 1.00. The fourth-order valence-electron chi connectivity index (χ4n) is 1.45. The van der Waals surface area contributed by atoms with E-state index in [2.05, 4.69) is 0 Å². The summed E-state index contributed by atoms with van der Waals surface area (Å²) in [5, 5.41) is 37.8. The van der Waals surface area contributed by atoms with Crippen LogP contribution in [0.5, 0.6) is 0 Å². The van der Waals surface area contributed by atoms with Gasteiger partial charge in [0.1, 0.15) is 29.9 Å². The Bertz CT molecular complexity index is 199. The van der Waals surface area contributed by atoms with Gasteiger partial charge in [0.15, 0.2) is 0 Å². The molecule has 0 aromatic rings. The number of rotatable bonds is 3. The van der Waals surface area contributed by atoms with Gasteiger partial charge >= 0.3 is 0 Å². The Hall–Kier alpha value is 0.150. The maximum atomic E-state index is 9.63. The minimum Gasteiger partial charge on any atom is -0.394 e. The quantitative estimate of drug-likeness (QED) is 0.500. The Labute approximate surface area is 93.1 Å². The lowest BCUT2D eigenvalue weighted by molar-refractivity contribution is -0.205. The monoisotopic (exact) mass is 238 g/mol. The van der Waals surface area contributed by atoms with Crippen molar-refractivity contribution in [2.75, 3.05) is 6.61 Å². The molecular weight excluding hydrogens is 220 g/mol. The Morgan fingerprint density at radius 2 is 1.73 bits per heavy atom. The standard InChI is InChI=1S/C9H18O5S/c1-4(2)15-9-8(13)7(12)6(11)5(3-10)14-9/h4-13H,3H2,1-2H3/t5-,6-,7+,8+,9-/m0/s1. The van der Waals surface area contributed by atoms with Crippen molar-refractivity contribution >= 4 is 11.8 Å². The lowest BCUT2D eigenvalue weighted by Crippen LogP contribution is -2.57. The molecule has 1 aliphatic heterocycles. The van der Waals surface area contributed by atoms with E-state index in [1.807, 2.05) is 13.8 Å². The zero-order valence-corrected chi connectivity index (χ0v) is 9.59. The lowest BCUT2D eigenvalue weighted by atomic mass is 10.0. The molecule has 15 heavy (non-hydrogen) atoms. The number of hydrogen-bond donors (Lipinski definition) is 4. The normalized spacial score (nSPS) is 42.2. The minimum absolute atomic E-state index is 0.228. The van der Waals surface area contributed by atoms with E-state index in [1.165, 1.54) is 11.8 Å². The van der Waals surface area contributed by atoms with E-state index in [-0.39, 0.29) is 11.9 Å². The molecule has 0 aliphatic carbocycles. The molecule has 1 rings (SSSR count). The van der Waals surface area contributed by atoms with Crippen LogP contribution in [0.2, 0.25) is 0 Å². The maximum absolute atomic E-state index is 9.63. The second-order valence-corrected chi connectivity index (χ2v) is 5.56. The highest BCUT2D eigenvalue weighted by molar-refractivity contribution is 8.00. The van der Waals surface area contributed by atoms with Gasteiger partial charge in [-0.1, -0.05) is 13.8 Å². The van der Waals surface area contributed by atoms with Crippen molar-refractivity contribution in [2.24, 2.45) is 0 Å². The first-order valence-corrected chi connectivity index (χ1v) is 5.87. The van der Waals surface area contributed by atoms with E-state index in [4.69, 9.17) is 9.84 Å². The van der Waals surface area contributed by atoms with Gasteiger partial charge in [0.25, 0.3) is 0 Å². The van der Waals surface area contributed by atoms with Crippen LogP contribution in [-0.4, -0.2) is 62.1 Å². The number of hydrogen-bond acceptors (Lipinski definition) is 6. The number of thioether (sulfide) groups is 1. The smallest absolute Gasteiger partial charge is 0.132 e. The highest BCUT2D eigenvalue weighted by Crippen LogP contribution is 2.30. The van der Waals surface area contributed by atoms with E-state index < -0.39 is 29.9 Å². The third-order valence-corrected chi connectivity index (χ3v) is 3.46. The second kappa shape index (κ2) is 5.47. The summed E-state index contributed by atoms with van der Waals surface area (Å²) >= 11 is 1.35. The fourth-order valence-corrected chi connectivity index (χ4v) is 2.51. The molecule has 90 valence electrons. The molecule has 1 heterocycles. The summed E-state index contributed by atoms with van der Waals surface area (Å²) in [5.41, 5.74) is -0.611. The molecule has 0 aromatic carbocycles. The first-order chi connectivity index (χ1) is 6.97. The molecule has 0 aromatic heterocycles. The molecule has 0 radical (unpaired) electrons. The van der Waals surface area contributed by atoms with Gasteiger partial charge in [0.2, 0.25) is 0 Å². The molecule has 5 nitrogen and oxygen atoms in total. The van der Waals surface area contributed by atoms with Crippen LogP contribution in [0.1, 0.15) is 13.8 Å². The molecule has 4 N–H and O–H groups in total. The highest BCUT2D eigenvalue weighted by atomic mass is 32.2. The summed E-state index contributed by atoms with van der Waals surface area (Å²) in [7, 11) is 0. The SMILES string of the molecule is CC(C)S[C@@H]1O[C@@H](CO)[C@H](O)[C@@H](O)[C@H]1O. The van der Waals surface area contributed by atoms with Crippen molar-refractivity contribution in [3.63, 3.8) is 0 Å². The van der Waals surface area contributed by atoms with Crippen molar-refractivity contribution in [3.8, 4) is 0 Å². The van der Waals surface area contributed by atoms with E-state index in [9.17, 15) is 15.3 Å². The van der Waals surface area contributed by atoms with Gasteiger partial charge in [-0.2, -0.15) is 0 Å². The van der Waals surface area contributed by atoms with Crippen LogP contribution >= 0.6 is 11.8 Å². The van der Waals surface area contributed by atoms with Gasteiger partial charge in [-0.25, -0.2) is 0 Å². The molecular formula is C9H18O5S. The van der Waals surface area contributed by atoms with Gasteiger partial charge in [0.05, 0.1) is 6.61 Å². The molecule has 0 unspecified atom stereocenters. The second-order valence-electron chi connectivity index (χ2n) is 3.88. The van der Waals surface area contributed by atoms with Crippen molar-refractivity contribution in [2.45, 2.75) is 48.9 Å². The Morgan fingerprint density at radius 3 is 2.20 bits per heavy atom. The van der Waals surface area contributed by atoms with Crippen LogP contribution in [0, 0.1) is 0 Å². The molecule has 1 fully saturated rings. The molecule has 0 bridgehead atoms. The zero-order chi connectivity index (χ0) is 11.6. The summed E-state index contributed by atoms with van der Waals surface area (Å²) in [6.07, 6.45) is -4.48. The number of aliphatic hydroxyl groups is 4. The van der Waals surface area contributed by atoms with Crippen LogP contribution in [0.3, 0.4) is 0 Å². The summed E-state index contributed by atoms with van der Waals surface area (Å²) in [4.78, 5) is 0. The van der Waals surface area contributed by atoms with E-state index in [0.717, 1.165) is 0 Å². The molecule has 1 aliphatic rings. The summed E-state index contributed by atoms with van der Waals surface area (Å²) in [6.45, 7) is 3.50. The lowest BCUT2D eigenvalue weighted by Gasteiger charge is -2.40. The van der Waals surface area contributed by atoms with E-state index in [1.54, 1.807) is 0 Å². The number of aliphatic hydroxyl groups excluding tert-OH is 4. The van der Waals surface area contributed by atoms with Crippen LogP contribution in [0.4, 0.5) is 0 Å². The molecule has 0 spiro atoms. The first kappa shape index (κ1) is 13.2. The predicted molar refractivity (Wildman–Crippen MR) is 56.5 cm³/mol. The van der Waals surface area contributed by atoms with Crippen LogP contribution in [0.25, 0.3) is 0 Å². The average molecular weight is 238 g/mol. The number of ether oxygens (including phenoxy) is 1. The van der Waals surface area contributed by atoms with Crippen LogP contribution in [0.15, 0.2) is 0 Å². The summed E-state index contributed by atoms with van der Waals surface area (Å²) in [5.74, 6) is 0. The largest absolute Gasteiger partial charge is 0.394 e. The van der Waals surface area contributed by atoms with Crippen LogP contribution < -0.4 is 0 Å². The topological polar surface area (TPSA) is 90.2 Å². The maximum Gasteiger partial charge on any atom is 0.132 e. The predicted octanol–water partition coefficient (Wildman–Crippen LogP) is -1.07. The van der Waals surface area contributed by atoms with Crippen molar-refractivity contribution in [1.29, 1.82) is 0 Å². The average Bonchev–Trinajstić information content (AvgIpc) is 2.18. The molecule has 5 atom stereocenters. The van der Waals surface area contributed by atoms with Crippen molar-refractivity contribution in [3.05, 3.63) is 0 Å². The zero-order valence-electron chi connectivity index (χ0n) is 8.78. The van der Waals surface area contributed by atoms with Gasteiger partial charge in [-0.05, 0) is 0 Å². The van der Waals surface area contributed by atoms with E-state index in [0.29, 0.717) is 0 Å². The van der Waals surface area contributed by atoms with Crippen LogP contribution in [-0.2, 0) is 4.74 Å². The molecule has 1 saturated heterocycles. The van der Waals surface area contributed by atoms with Gasteiger partial charge in [-0.15, -0.1) is 11.8 Å². The molecule has 6 heteroatoms. The molecule has 0 amide bonds. The Balaban J connectivity index is 2.65. The summed E-state index contributed by atoms with van der Waals surface area (Å²) < 4.78 is 5.29. The minimum atomic E-state index is -1.27. The van der Waals surface area contributed by atoms with E-state index >= 15 is 0 Å². The van der Waals surface area contributed by atoms with Crippen molar-refractivity contribution < 1.29 is 25.2 Å². The Morgan fingerprint density at radius 1 is 1.13 bits per heavy atom. The van der Waals surface area contributed by atoms with Gasteiger partial charge in [-0.3, -0.25) is 0 Å². The third kappa shape index (κ3) is 3.05. The molecule has 0 saturated carbocycles. The summed E-state index contributed by atoms with van der Waals surface area (Å²) in [6, 6.07) is 0. The highest BCUT2D eigenvalue weighted by Gasteiger charge is 2.43. The van der Waals surface area contributed by atoms with Gasteiger partial charge in [0, 0.05) is 5.25 Å². The third-order valence-electron chi connectivity index (χ3n) is 2.25.